The van der Waals surface area contributed by atoms with Crippen molar-refractivity contribution >= 4 is 21.7 Å². The van der Waals surface area contributed by atoms with Crippen LogP contribution in [0.1, 0.15) is 5.56 Å². The van der Waals surface area contributed by atoms with Gasteiger partial charge in [0.15, 0.2) is 0 Å². The summed E-state index contributed by atoms with van der Waals surface area (Å²) in [5.74, 6) is 0.289. The van der Waals surface area contributed by atoms with Crippen LogP contribution >= 0.6 is 0 Å². The number of guanidine groups is 1. The maximum atomic E-state index is 11.5. The fraction of sp³-hybridized carbons (Fsp3) is 0.188. The van der Waals surface area contributed by atoms with Crippen molar-refractivity contribution < 1.29 is 8.42 Å². The van der Waals surface area contributed by atoms with Crippen LogP contribution in [0.25, 0.3) is 0 Å². The molecule has 0 unspecified atom stereocenters. The number of anilines is 1. The summed E-state index contributed by atoms with van der Waals surface area (Å²) in [6, 6.07) is 19.2. The van der Waals surface area contributed by atoms with Crippen molar-refractivity contribution in [3.8, 4) is 0 Å². The molecule has 0 saturated carbocycles. The van der Waals surface area contributed by atoms with Gasteiger partial charge in [0, 0.05) is 19.3 Å². The first-order valence-electron chi connectivity index (χ1n) is 6.81. The first-order valence-corrected chi connectivity index (χ1v) is 8.66. The monoisotopic (exact) mass is 317 g/mol. The molecule has 6 heteroatoms. The molecular weight excluding hydrogens is 298 g/mol. The van der Waals surface area contributed by atoms with E-state index in [9.17, 15) is 8.42 Å². The van der Waals surface area contributed by atoms with Crippen LogP contribution in [0, 0.1) is 0 Å². The first kappa shape index (κ1) is 16.0. The third kappa shape index (κ3) is 5.21. The van der Waals surface area contributed by atoms with Crippen LogP contribution in [0.3, 0.4) is 0 Å². The van der Waals surface area contributed by atoms with E-state index >= 15 is 0 Å². The van der Waals surface area contributed by atoms with Gasteiger partial charge >= 0.3 is 0 Å². The van der Waals surface area contributed by atoms with E-state index in [2.05, 4.69) is 9.71 Å². The first-order chi connectivity index (χ1) is 10.4. The molecular formula is C16H19N3O2S. The lowest BCUT2D eigenvalue weighted by atomic mass is 10.2. The highest BCUT2D eigenvalue weighted by atomic mass is 32.2. The van der Waals surface area contributed by atoms with Gasteiger partial charge in [0.05, 0.1) is 6.26 Å². The molecule has 0 spiro atoms. The Labute approximate surface area is 131 Å². The van der Waals surface area contributed by atoms with Gasteiger partial charge in [-0.3, -0.25) is 0 Å². The van der Waals surface area contributed by atoms with Crippen molar-refractivity contribution in [3.63, 3.8) is 0 Å². The predicted molar refractivity (Wildman–Crippen MR) is 90.3 cm³/mol. The minimum Gasteiger partial charge on any atom is -0.341 e. The molecule has 0 bridgehead atoms. The van der Waals surface area contributed by atoms with E-state index in [1.54, 1.807) is 11.9 Å². The van der Waals surface area contributed by atoms with E-state index in [1.165, 1.54) is 0 Å². The molecule has 0 fully saturated rings. The molecule has 0 aliphatic heterocycles. The number of hydrogen-bond donors (Lipinski definition) is 1. The van der Waals surface area contributed by atoms with Gasteiger partial charge in [-0.2, -0.15) is 0 Å². The van der Waals surface area contributed by atoms with E-state index in [0.717, 1.165) is 17.5 Å². The highest BCUT2D eigenvalue weighted by molar-refractivity contribution is 7.89. The number of rotatable bonds is 4. The van der Waals surface area contributed by atoms with Crippen LogP contribution in [0.2, 0.25) is 0 Å². The topological polar surface area (TPSA) is 61.8 Å². The largest absolute Gasteiger partial charge is 0.341 e. The van der Waals surface area contributed by atoms with Crippen LogP contribution in [-0.2, 0) is 16.6 Å². The van der Waals surface area contributed by atoms with Gasteiger partial charge in [-0.05, 0) is 17.7 Å². The standard InChI is InChI=1S/C16H19N3O2S/c1-19(13-14-9-5-3-6-10-14)16(18-22(2,20)21)17-15-11-7-4-8-12-15/h3-12H,13H2,1-2H3,(H,17,18). The van der Waals surface area contributed by atoms with Crippen molar-refractivity contribution in [2.75, 3.05) is 18.6 Å². The lowest BCUT2D eigenvalue weighted by Crippen LogP contribution is -2.33. The lowest BCUT2D eigenvalue weighted by molar-refractivity contribution is 0.499. The van der Waals surface area contributed by atoms with Crippen LogP contribution in [0.4, 0.5) is 5.69 Å². The van der Waals surface area contributed by atoms with Gasteiger partial charge < -0.3 is 10.2 Å². The number of nitrogens with zero attached hydrogens (tertiary/aromatic N) is 2. The maximum Gasteiger partial charge on any atom is 0.253 e. The molecule has 1 N–H and O–H groups in total. The smallest absolute Gasteiger partial charge is 0.253 e. The molecule has 5 nitrogen and oxygen atoms in total. The number of sulfonamides is 1. The van der Waals surface area contributed by atoms with Gasteiger partial charge in [0.25, 0.3) is 10.0 Å². The van der Waals surface area contributed by atoms with E-state index in [4.69, 9.17) is 0 Å². The molecule has 22 heavy (non-hydrogen) atoms. The Balaban J connectivity index is 2.23. The summed E-state index contributed by atoms with van der Waals surface area (Å²) in [7, 11) is -1.70. The van der Waals surface area contributed by atoms with Crippen LogP contribution < -0.4 is 5.32 Å². The van der Waals surface area contributed by atoms with Crippen LogP contribution in [-0.4, -0.2) is 32.6 Å². The van der Waals surface area contributed by atoms with E-state index in [0.29, 0.717) is 6.54 Å². The Hall–Kier alpha value is -2.34. The van der Waals surface area contributed by atoms with Gasteiger partial charge in [-0.15, -0.1) is 4.40 Å². The number of para-hydroxylation sites is 1. The predicted octanol–water partition coefficient (Wildman–Crippen LogP) is 2.55. The molecule has 0 radical (unpaired) electrons. The minimum absolute atomic E-state index is 0.289. The van der Waals surface area contributed by atoms with Gasteiger partial charge in [0.2, 0.25) is 5.96 Å². The number of hydrogen-bond acceptors (Lipinski definition) is 2. The molecule has 0 heterocycles. The summed E-state index contributed by atoms with van der Waals surface area (Å²) >= 11 is 0. The van der Waals surface area contributed by atoms with Crippen molar-refractivity contribution in [1.82, 2.24) is 4.90 Å². The van der Waals surface area contributed by atoms with E-state index in [1.807, 2.05) is 60.7 Å². The van der Waals surface area contributed by atoms with E-state index < -0.39 is 10.0 Å². The van der Waals surface area contributed by atoms with Crippen molar-refractivity contribution in [2.24, 2.45) is 4.40 Å². The zero-order chi connectivity index (χ0) is 16.0. The highest BCUT2D eigenvalue weighted by Crippen LogP contribution is 2.09. The van der Waals surface area contributed by atoms with Crippen molar-refractivity contribution in [3.05, 3.63) is 66.2 Å². The Kier molecular flexibility index (Phi) is 5.16. The summed E-state index contributed by atoms with van der Waals surface area (Å²) in [4.78, 5) is 1.77. The fourth-order valence-electron chi connectivity index (χ4n) is 1.93. The maximum absolute atomic E-state index is 11.5. The SMILES string of the molecule is CN(Cc1ccccc1)/C(=N\S(C)(=O)=O)Nc1ccccc1. The number of benzene rings is 2. The van der Waals surface area contributed by atoms with Crippen molar-refractivity contribution in [2.45, 2.75) is 6.54 Å². The highest BCUT2D eigenvalue weighted by Gasteiger charge is 2.11. The average molecular weight is 317 g/mol. The summed E-state index contributed by atoms with van der Waals surface area (Å²) in [6.45, 7) is 0.551. The Morgan fingerprint density at radius 3 is 2.14 bits per heavy atom. The minimum atomic E-state index is -3.50. The van der Waals surface area contributed by atoms with Crippen molar-refractivity contribution in [1.29, 1.82) is 0 Å². The molecule has 2 rings (SSSR count). The summed E-state index contributed by atoms with van der Waals surface area (Å²) < 4.78 is 26.9. The second-order valence-corrected chi connectivity index (χ2v) is 6.63. The van der Waals surface area contributed by atoms with Gasteiger partial charge in [-0.1, -0.05) is 48.5 Å². The third-order valence-electron chi connectivity index (χ3n) is 2.91. The molecule has 116 valence electrons. The van der Waals surface area contributed by atoms with E-state index in [-0.39, 0.29) is 5.96 Å². The number of nitrogens with one attached hydrogen (secondary N) is 1. The molecule has 2 aromatic carbocycles. The normalized spacial score (nSPS) is 12.0. The zero-order valence-corrected chi connectivity index (χ0v) is 13.4. The van der Waals surface area contributed by atoms with Gasteiger partial charge in [0.1, 0.15) is 0 Å². The quantitative estimate of drug-likeness (QED) is 0.695. The lowest BCUT2D eigenvalue weighted by Gasteiger charge is -2.22. The zero-order valence-electron chi connectivity index (χ0n) is 12.6. The Morgan fingerprint density at radius 2 is 1.59 bits per heavy atom. The van der Waals surface area contributed by atoms with Crippen LogP contribution in [0.15, 0.2) is 65.1 Å². The molecule has 0 aromatic heterocycles. The summed E-state index contributed by atoms with van der Waals surface area (Å²) in [5, 5.41) is 3.05. The molecule has 0 atom stereocenters. The average Bonchev–Trinajstić information content (AvgIpc) is 2.47. The molecule has 0 amide bonds. The third-order valence-corrected chi connectivity index (χ3v) is 3.41. The van der Waals surface area contributed by atoms with Gasteiger partial charge in [-0.25, -0.2) is 8.42 Å². The summed E-state index contributed by atoms with van der Waals surface area (Å²) in [6.07, 6.45) is 1.08. The molecule has 0 aliphatic carbocycles. The van der Waals surface area contributed by atoms with Crippen LogP contribution in [0.5, 0.6) is 0 Å². The molecule has 0 saturated heterocycles. The Morgan fingerprint density at radius 1 is 1.05 bits per heavy atom. The Bertz CT molecular complexity index is 729. The summed E-state index contributed by atoms with van der Waals surface area (Å²) in [5.41, 5.74) is 1.85. The molecule has 2 aromatic rings. The molecule has 0 aliphatic rings. The second-order valence-electron chi connectivity index (χ2n) is 4.98. The fourth-order valence-corrected chi connectivity index (χ4v) is 2.43. The second kappa shape index (κ2) is 7.09.